The Bertz CT molecular complexity index is 665. The minimum Gasteiger partial charge on any atom is -0.507 e. The van der Waals surface area contributed by atoms with Gasteiger partial charge in [0, 0.05) is 17.6 Å². The molecule has 0 atom stereocenters. The maximum absolute atomic E-state index is 11.9. The van der Waals surface area contributed by atoms with E-state index in [2.05, 4.69) is 31.6 Å². The first-order valence-corrected chi connectivity index (χ1v) is 6.65. The molecule has 0 spiro atoms. The first kappa shape index (κ1) is 14.5. The van der Waals surface area contributed by atoms with Gasteiger partial charge in [-0.25, -0.2) is 5.43 Å². The lowest BCUT2D eigenvalue weighted by atomic mass is 10.2. The van der Waals surface area contributed by atoms with Crippen LogP contribution < -0.4 is 5.43 Å². The fraction of sp³-hybridized carbons (Fsp3) is 0.0833. The Morgan fingerprint density at radius 3 is 3.00 bits per heavy atom. The average molecular weight is 358 g/mol. The summed E-state index contributed by atoms with van der Waals surface area (Å²) < 4.78 is 1.99. The molecular formula is C12H10BrClN4O2. The average Bonchev–Trinajstić information content (AvgIpc) is 2.73. The molecule has 1 heterocycles. The lowest BCUT2D eigenvalue weighted by Crippen LogP contribution is -2.21. The summed E-state index contributed by atoms with van der Waals surface area (Å²) in [6, 6.07) is 4.54. The zero-order chi connectivity index (χ0) is 14.7. The fourth-order valence-corrected chi connectivity index (χ4v) is 2.22. The van der Waals surface area contributed by atoms with E-state index in [1.54, 1.807) is 13.1 Å². The van der Waals surface area contributed by atoms with Crippen molar-refractivity contribution in [2.24, 2.45) is 12.1 Å². The van der Waals surface area contributed by atoms with Crippen molar-refractivity contribution in [3.8, 4) is 5.75 Å². The molecule has 0 aliphatic carbocycles. The van der Waals surface area contributed by atoms with Crippen molar-refractivity contribution >= 4 is 39.7 Å². The Morgan fingerprint density at radius 1 is 1.60 bits per heavy atom. The van der Waals surface area contributed by atoms with Gasteiger partial charge in [-0.1, -0.05) is 11.6 Å². The third-order valence-electron chi connectivity index (χ3n) is 2.47. The molecule has 0 radical (unpaired) electrons. The summed E-state index contributed by atoms with van der Waals surface area (Å²) in [7, 11) is 1.65. The summed E-state index contributed by atoms with van der Waals surface area (Å²) in [4.78, 5) is 11.9. The number of aromatic nitrogens is 2. The van der Waals surface area contributed by atoms with Crippen LogP contribution in [0.1, 0.15) is 16.1 Å². The van der Waals surface area contributed by atoms with Crippen molar-refractivity contribution in [1.82, 2.24) is 15.2 Å². The van der Waals surface area contributed by atoms with Gasteiger partial charge in [-0.05, 0) is 34.1 Å². The summed E-state index contributed by atoms with van der Waals surface area (Å²) in [6.45, 7) is 0. The van der Waals surface area contributed by atoms with Crippen LogP contribution in [0.5, 0.6) is 5.75 Å². The second-order valence-corrected chi connectivity index (χ2v) is 5.16. The third kappa shape index (κ3) is 3.17. The van der Waals surface area contributed by atoms with E-state index in [0.717, 1.165) is 0 Å². The number of aryl methyl sites for hydroxylation is 1. The number of nitrogens with one attached hydrogen (secondary N) is 1. The highest BCUT2D eigenvalue weighted by atomic mass is 79.9. The standard InChI is InChI=1S/C12H10BrClN4O2/c1-18-11(9(13)6-16-18)12(20)17-15-5-7-4-8(14)2-3-10(7)19/h2-6,19H,1H3,(H,17,20)/b15-5+. The van der Waals surface area contributed by atoms with Gasteiger partial charge in [-0.3, -0.25) is 9.48 Å². The minimum atomic E-state index is -0.422. The summed E-state index contributed by atoms with van der Waals surface area (Å²) in [5.41, 5.74) is 3.10. The van der Waals surface area contributed by atoms with Crippen LogP contribution in [0.3, 0.4) is 0 Å². The van der Waals surface area contributed by atoms with E-state index in [9.17, 15) is 9.90 Å². The van der Waals surface area contributed by atoms with Gasteiger partial charge in [0.15, 0.2) is 0 Å². The molecule has 104 valence electrons. The largest absolute Gasteiger partial charge is 0.507 e. The predicted molar refractivity (Wildman–Crippen MR) is 79.1 cm³/mol. The molecule has 1 amide bonds. The van der Waals surface area contributed by atoms with Crippen LogP contribution in [0.2, 0.25) is 5.02 Å². The number of halogens is 2. The number of phenols is 1. The predicted octanol–water partition coefficient (Wildman–Crippen LogP) is 2.31. The van der Waals surface area contributed by atoms with E-state index in [0.29, 0.717) is 20.8 Å². The molecule has 8 heteroatoms. The van der Waals surface area contributed by atoms with Gasteiger partial charge in [-0.15, -0.1) is 0 Å². The molecule has 1 aromatic carbocycles. The number of carbonyl (C=O) groups excluding carboxylic acids is 1. The molecular weight excluding hydrogens is 348 g/mol. The first-order valence-electron chi connectivity index (χ1n) is 5.48. The SMILES string of the molecule is Cn1ncc(Br)c1C(=O)N/N=C/c1cc(Cl)ccc1O. The monoisotopic (exact) mass is 356 g/mol. The maximum atomic E-state index is 11.9. The van der Waals surface area contributed by atoms with Crippen molar-refractivity contribution in [3.05, 3.63) is 45.1 Å². The van der Waals surface area contributed by atoms with E-state index in [1.807, 2.05) is 0 Å². The lowest BCUT2D eigenvalue weighted by Gasteiger charge is -2.02. The molecule has 0 unspecified atom stereocenters. The van der Waals surface area contributed by atoms with Crippen molar-refractivity contribution in [2.75, 3.05) is 0 Å². The molecule has 6 nitrogen and oxygen atoms in total. The fourth-order valence-electron chi connectivity index (χ4n) is 1.51. The molecule has 2 rings (SSSR count). The second-order valence-electron chi connectivity index (χ2n) is 3.87. The molecule has 0 bridgehead atoms. The smallest absolute Gasteiger partial charge is 0.290 e. The highest BCUT2D eigenvalue weighted by Gasteiger charge is 2.14. The summed E-state index contributed by atoms with van der Waals surface area (Å²) in [5.74, 6) is -0.399. The Morgan fingerprint density at radius 2 is 2.35 bits per heavy atom. The van der Waals surface area contributed by atoms with E-state index >= 15 is 0 Å². The number of nitrogens with zero attached hydrogens (tertiary/aromatic N) is 3. The Hall–Kier alpha value is -1.86. The normalized spacial score (nSPS) is 10.9. The summed E-state index contributed by atoms with van der Waals surface area (Å²) >= 11 is 9.03. The molecule has 2 aromatic rings. The third-order valence-corrected chi connectivity index (χ3v) is 3.28. The number of phenolic OH excluding ortho intramolecular Hbond substituents is 1. The van der Waals surface area contributed by atoms with Gasteiger partial charge in [0.2, 0.25) is 0 Å². The highest BCUT2D eigenvalue weighted by Crippen LogP contribution is 2.19. The first-order chi connectivity index (χ1) is 9.49. The number of aromatic hydroxyl groups is 1. The van der Waals surface area contributed by atoms with E-state index in [-0.39, 0.29) is 5.75 Å². The Balaban J connectivity index is 2.10. The van der Waals surface area contributed by atoms with Gasteiger partial charge < -0.3 is 5.11 Å². The lowest BCUT2D eigenvalue weighted by molar-refractivity contribution is 0.0945. The van der Waals surface area contributed by atoms with Gasteiger partial charge in [0.25, 0.3) is 5.91 Å². The number of amides is 1. The molecule has 2 N–H and O–H groups in total. The number of hydrazone groups is 1. The van der Waals surface area contributed by atoms with E-state index < -0.39 is 5.91 Å². The molecule has 1 aromatic heterocycles. The zero-order valence-corrected chi connectivity index (χ0v) is 12.7. The summed E-state index contributed by atoms with van der Waals surface area (Å²) in [6.07, 6.45) is 2.82. The zero-order valence-electron chi connectivity index (χ0n) is 10.3. The quantitative estimate of drug-likeness (QED) is 0.653. The van der Waals surface area contributed by atoms with Crippen molar-refractivity contribution in [2.45, 2.75) is 0 Å². The van der Waals surface area contributed by atoms with Gasteiger partial charge >= 0.3 is 0 Å². The van der Waals surface area contributed by atoms with Crippen molar-refractivity contribution < 1.29 is 9.90 Å². The van der Waals surface area contributed by atoms with Crippen LogP contribution in [0, 0.1) is 0 Å². The Kier molecular flexibility index (Phi) is 4.41. The number of rotatable bonds is 3. The molecule has 0 saturated heterocycles. The van der Waals surface area contributed by atoms with Gasteiger partial charge in [-0.2, -0.15) is 10.2 Å². The van der Waals surface area contributed by atoms with Gasteiger partial charge in [0.05, 0.1) is 16.9 Å². The van der Waals surface area contributed by atoms with Crippen molar-refractivity contribution in [1.29, 1.82) is 0 Å². The van der Waals surface area contributed by atoms with Crippen LogP contribution in [0.15, 0.2) is 34.0 Å². The number of benzene rings is 1. The van der Waals surface area contributed by atoms with Crippen LogP contribution >= 0.6 is 27.5 Å². The second kappa shape index (κ2) is 6.06. The maximum Gasteiger partial charge on any atom is 0.290 e. The Labute approximate surface area is 128 Å². The van der Waals surface area contributed by atoms with Crippen LogP contribution in [0.25, 0.3) is 0 Å². The number of hydrogen-bond donors (Lipinski definition) is 2. The molecule has 0 aliphatic heterocycles. The number of carbonyl (C=O) groups is 1. The minimum absolute atomic E-state index is 0.0223. The van der Waals surface area contributed by atoms with Gasteiger partial charge in [0.1, 0.15) is 11.4 Å². The van der Waals surface area contributed by atoms with E-state index in [4.69, 9.17) is 11.6 Å². The van der Waals surface area contributed by atoms with Crippen molar-refractivity contribution in [3.63, 3.8) is 0 Å². The van der Waals surface area contributed by atoms with Crippen LogP contribution in [0.4, 0.5) is 0 Å². The van der Waals surface area contributed by atoms with Crippen LogP contribution in [-0.2, 0) is 7.05 Å². The molecule has 0 saturated carbocycles. The summed E-state index contributed by atoms with van der Waals surface area (Å²) in [5, 5.41) is 17.8. The topological polar surface area (TPSA) is 79.5 Å². The highest BCUT2D eigenvalue weighted by molar-refractivity contribution is 9.10. The molecule has 0 aliphatic rings. The van der Waals surface area contributed by atoms with Crippen LogP contribution in [-0.4, -0.2) is 27.0 Å². The number of hydrogen-bond acceptors (Lipinski definition) is 4. The molecule has 0 fully saturated rings. The van der Waals surface area contributed by atoms with E-state index in [1.165, 1.54) is 29.2 Å². The molecule has 20 heavy (non-hydrogen) atoms.